The van der Waals surface area contributed by atoms with Crippen LogP contribution >= 0.6 is 0 Å². The van der Waals surface area contributed by atoms with E-state index in [1.54, 1.807) is 0 Å². The van der Waals surface area contributed by atoms with Crippen LogP contribution in [0.1, 0.15) is 47.8 Å². The molecule has 5 heteroatoms. The lowest BCUT2D eigenvalue weighted by Gasteiger charge is -2.30. The van der Waals surface area contributed by atoms with Crippen LogP contribution in [0.5, 0.6) is 0 Å². The molecule has 1 amide bonds. The minimum atomic E-state index is 0.00960. The monoisotopic (exact) mass is 311 g/mol. The molecule has 120 valence electrons. The summed E-state index contributed by atoms with van der Waals surface area (Å²) in [5.74, 6) is 2.09. The van der Waals surface area contributed by atoms with Gasteiger partial charge in [-0.15, -0.1) is 0 Å². The Morgan fingerprint density at radius 1 is 1.26 bits per heavy atom. The lowest BCUT2D eigenvalue weighted by atomic mass is 9.96. The second kappa shape index (κ2) is 5.06. The molecular weight excluding hydrogens is 290 g/mol. The maximum absolute atomic E-state index is 12.6. The molecule has 1 aliphatic carbocycles. The van der Waals surface area contributed by atoms with Crippen LogP contribution in [0.3, 0.4) is 0 Å². The summed E-state index contributed by atoms with van der Waals surface area (Å²) in [6, 6.07) is 5.85. The molecule has 5 rings (SSSR count). The molecule has 23 heavy (non-hydrogen) atoms. The number of fused-ring (bicyclic) bond motifs is 3. The second-order valence-electron chi connectivity index (χ2n) is 7.33. The highest BCUT2D eigenvalue weighted by Crippen LogP contribution is 2.40. The zero-order valence-corrected chi connectivity index (χ0v) is 13.1. The summed E-state index contributed by atoms with van der Waals surface area (Å²) in [4.78, 5) is 19.6. The average Bonchev–Trinajstić information content (AvgIpc) is 3.23. The Labute approximate surface area is 135 Å². The van der Waals surface area contributed by atoms with Crippen LogP contribution in [-0.4, -0.2) is 41.5 Å². The maximum atomic E-state index is 12.6. The third kappa shape index (κ3) is 2.53. The van der Waals surface area contributed by atoms with Gasteiger partial charge in [0.15, 0.2) is 11.5 Å². The normalized spacial score (nSPS) is 29.8. The van der Waals surface area contributed by atoms with Crippen LogP contribution in [0.25, 0.3) is 11.1 Å². The first kappa shape index (κ1) is 13.5. The van der Waals surface area contributed by atoms with Crippen molar-refractivity contribution in [3.8, 4) is 0 Å². The Balaban J connectivity index is 1.33. The molecule has 1 saturated carbocycles. The second-order valence-corrected chi connectivity index (χ2v) is 7.33. The summed E-state index contributed by atoms with van der Waals surface area (Å²) in [5, 5.41) is 3.20. The number of rotatable bonds is 3. The molecule has 3 aliphatic rings. The number of aromatic nitrogens is 1. The lowest BCUT2D eigenvalue weighted by molar-refractivity contribution is 0.0909. The molecule has 0 spiro atoms. The number of carbonyl (C=O) groups excluding carboxylic acids is 1. The predicted octanol–water partition coefficient (Wildman–Crippen LogP) is 2.53. The number of piperidine rings is 1. The summed E-state index contributed by atoms with van der Waals surface area (Å²) < 4.78 is 5.76. The molecule has 5 nitrogen and oxygen atoms in total. The Morgan fingerprint density at radius 3 is 3.00 bits per heavy atom. The van der Waals surface area contributed by atoms with Gasteiger partial charge in [-0.1, -0.05) is 0 Å². The molecule has 2 aliphatic heterocycles. The van der Waals surface area contributed by atoms with Crippen LogP contribution < -0.4 is 5.32 Å². The molecule has 3 heterocycles. The number of oxazole rings is 1. The van der Waals surface area contributed by atoms with Crippen molar-refractivity contribution in [1.29, 1.82) is 0 Å². The molecule has 3 atom stereocenters. The summed E-state index contributed by atoms with van der Waals surface area (Å²) in [6.07, 6.45) is 4.72. The standard InChI is InChI=1S/C18H21N3O2/c22-17(19-14-7-11-5-6-21(9-11)10-14)13-3-4-16-15(8-13)20-18(23-16)12-1-2-12/h3-4,8,11-12,14H,1-2,5-7,9-10H2,(H,19,22)/t11-,14-/m1/s1. The number of benzene rings is 1. The summed E-state index contributed by atoms with van der Waals surface area (Å²) in [6.45, 7) is 3.38. The van der Waals surface area contributed by atoms with Gasteiger partial charge in [0.05, 0.1) is 0 Å². The van der Waals surface area contributed by atoms with Crippen LogP contribution in [0.2, 0.25) is 0 Å². The number of hydrogen-bond donors (Lipinski definition) is 1. The first-order valence-electron chi connectivity index (χ1n) is 8.68. The first-order chi connectivity index (χ1) is 11.2. The SMILES string of the molecule is O=C(N[C@@H]1C[C@H]2CCN(C2)C1)c1ccc2oc(C3CC3)nc2c1. The Bertz CT molecular complexity index is 753. The zero-order valence-electron chi connectivity index (χ0n) is 13.1. The zero-order chi connectivity index (χ0) is 15.4. The number of carbonyl (C=O) groups is 1. The Hall–Kier alpha value is -1.88. The quantitative estimate of drug-likeness (QED) is 0.946. The van der Waals surface area contributed by atoms with E-state index >= 15 is 0 Å². The van der Waals surface area contributed by atoms with E-state index in [2.05, 4.69) is 15.2 Å². The van der Waals surface area contributed by atoms with Gasteiger partial charge in [-0.25, -0.2) is 4.98 Å². The smallest absolute Gasteiger partial charge is 0.251 e. The van der Waals surface area contributed by atoms with E-state index in [-0.39, 0.29) is 11.9 Å². The van der Waals surface area contributed by atoms with Crippen LogP contribution in [0.4, 0.5) is 0 Å². The molecule has 0 radical (unpaired) electrons. The lowest BCUT2D eigenvalue weighted by Crippen LogP contribution is -2.47. The molecule has 1 aromatic heterocycles. The van der Waals surface area contributed by atoms with Crippen LogP contribution in [-0.2, 0) is 0 Å². The van der Waals surface area contributed by atoms with Gasteiger partial charge < -0.3 is 14.6 Å². The van der Waals surface area contributed by atoms with Gasteiger partial charge in [-0.2, -0.15) is 0 Å². The molecule has 2 aromatic rings. The van der Waals surface area contributed by atoms with Crippen molar-refractivity contribution < 1.29 is 9.21 Å². The highest BCUT2D eigenvalue weighted by molar-refractivity contribution is 5.97. The van der Waals surface area contributed by atoms with Gasteiger partial charge in [0, 0.05) is 30.6 Å². The van der Waals surface area contributed by atoms with Crippen molar-refractivity contribution in [3.63, 3.8) is 0 Å². The van der Waals surface area contributed by atoms with Crippen molar-refractivity contribution in [2.75, 3.05) is 19.6 Å². The van der Waals surface area contributed by atoms with Crippen molar-refractivity contribution >= 4 is 17.0 Å². The van der Waals surface area contributed by atoms with Gasteiger partial charge >= 0.3 is 0 Å². The summed E-state index contributed by atoms with van der Waals surface area (Å²) in [5.41, 5.74) is 2.26. The number of nitrogens with zero attached hydrogens (tertiary/aromatic N) is 2. The van der Waals surface area contributed by atoms with Gasteiger partial charge in [0.1, 0.15) is 5.52 Å². The van der Waals surface area contributed by atoms with Gasteiger partial charge in [-0.3, -0.25) is 4.79 Å². The molecule has 2 saturated heterocycles. The van der Waals surface area contributed by atoms with E-state index < -0.39 is 0 Å². The van der Waals surface area contributed by atoms with E-state index in [9.17, 15) is 4.79 Å². The fourth-order valence-electron chi connectivity index (χ4n) is 4.02. The fraction of sp³-hybridized carbons (Fsp3) is 0.556. The molecule has 2 bridgehead atoms. The molecular formula is C18H21N3O2. The summed E-state index contributed by atoms with van der Waals surface area (Å²) >= 11 is 0. The van der Waals surface area contributed by atoms with E-state index in [4.69, 9.17) is 4.42 Å². The van der Waals surface area contributed by atoms with E-state index in [0.717, 1.165) is 35.9 Å². The summed E-state index contributed by atoms with van der Waals surface area (Å²) in [7, 11) is 0. The Morgan fingerprint density at radius 2 is 2.17 bits per heavy atom. The fourth-order valence-corrected chi connectivity index (χ4v) is 4.02. The van der Waals surface area contributed by atoms with Gasteiger partial charge in [-0.05, 0) is 56.3 Å². The largest absolute Gasteiger partial charge is 0.440 e. The molecule has 3 fully saturated rings. The average molecular weight is 311 g/mol. The maximum Gasteiger partial charge on any atom is 0.251 e. The van der Waals surface area contributed by atoms with E-state index in [1.807, 2.05) is 18.2 Å². The van der Waals surface area contributed by atoms with Crippen LogP contribution in [0, 0.1) is 5.92 Å². The van der Waals surface area contributed by atoms with Crippen molar-refractivity contribution in [3.05, 3.63) is 29.7 Å². The van der Waals surface area contributed by atoms with Gasteiger partial charge in [0.25, 0.3) is 5.91 Å². The van der Waals surface area contributed by atoms with Gasteiger partial charge in [0.2, 0.25) is 0 Å². The molecule has 1 aromatic carbocycles. The predicted molar refractivity (Wildman–Crippen MR) is 86.4 cm³/mol. The minimum absolute atomic E-state index is 0.00960. The third-order valence-corrected chi connectivity index (χ3v) is 5.39. The highest BCUT2D eigenvalue weighted by Gasteiger charge is 2.33. The molecule has 1 unspecified atom stereocenters. The van der Waals surface area contributed by atoms with E-state index in [0.29, 0.717) is 11.5 Å². The minimum Gasteiger partial charge on any atom is -0.440 e. The third-order valence-electron chi connectivity index (χ3n) is 5.39. The number of amides is 1. The number of hydrogen-bond acceptors (Lipinski definition) is 4. The van der Waals surface area contributed by atoms with Crippen molar-refractivity contribution in [1.82, 2.24) is 15.2 Å². The highest BCUT2D eigenvalue weighted by atomic mass is 16.3. The van der Waals surface area contributed by atoms with Crippen molar-refractivity contribution in [2.45, 2.75) is 37.6 Å². The number of nitrogens with one attached hydrogen (secondary N) is 1. The van der Waals surface area contributed by atoms with Crippen LogP contribution in [0.15, 0.2) is 22.6 Å². The first-order valence-corrected chi connectivity index (χ1v) is 8.68. The Kier molecular flexibility index (Phi) is 2.98. The molecule has 1 N–H and O–H groups in total. The topological polar surface area (TPSA) is 58.4 Å². The van der Waals surface area contributed by atoms with E-state index in [1.165, 1.54) is 32.4 Å². The van der Waals surface area contributed by atoms with Crippen molar-refractivity contribution in [2.24, 2.45) is 5.92 Å².